The van der Waals surface area contributed by atoms with Crippen molar-refractivity contribution in [1.82, 2.24) is 4.72 Å². The van der Waals surface area contributed by atoms with Gasteiger partial charge < -0.3 is 4.42 Å². The summed E-state index contributed by atoms with van der Waals surface area (Å²) in [6.07, 6.45) is 1.43. The molecule has 3 aromatic rings. The first-order chi connectivity index (χ1) is 11.5. The van der Waals surface area contributed by atoms with Crippen LogP contribution in [0, 0.1) is 0 Å². The first-order valence-corrected chi connectivity index (χ1v) is 9.55. The normalized spacial score (nSPS) is 11.5. The van der Waals surface area contributed by atoms with Crippen LogP contribution in [-0.2, 0) is 16.6 Å². The third-order valence-corrected chi connectivity index (χ3v) is 5.94. The minimum atomic E-state index is -3.63. The predicted molar refractivity (Wildman–Crippen MR) is 91.9 cm³/mol. The second-order valence-electron chi connectivity index (χ2n) is 4.85. The lowest BCUT2D eigenvalue weighted by molar-refractivity contribution is 0.101. The Kier molecular flexibility index (Phi) is 4.86. The van der Waals surface area contributed by atoms with Crippen molar-refractivity contribution in [2.24, 2.45) is 0 Å². The minimum absolute atomic E-state index is 0.0983. The zero-order valence-electron chi connectivity index (χ0n) is 12.2. The number of sulfonamides is 1. The van der Waals surface area contributed by atoms with Gasteiger partial charge in [0, 0.05) is 16.4 Å². The molecular weight excluding hydrogens is 370 g/mol. The number of rotatable bonds is 6. The van der Waals surface area contributed by atoms with E-state index in [4.69, 9.17) is 16.0 Å². The molecule has 3 rings (SSSR count). The van der Waals surface area contributed by atoms with Gasteiger partial charge in [-0.15, -0.1) is 11.3 Å². The van der Waals surface area contributed by atoms with Gasteiger partial charge in [-0.3, -0.25) is 4.79 Å². The highest BCUT2D eigenvalue weighted by Crippen LogP contribution is 2.21. The van der Waals surface area contributed by atoms with Crippen molar-refractivity contribution in [1.29, 1.82) is 0 Å². The van der Waals surface area contributed by atoms with E-state index in [1.165, 1.54) is 41.9 Å². The van der Waals surface area contributed by atoms with E-state index in [9.17, 15) is 13.2 Å². The maximum atomic E-state index is 12.2. The van der Waals surface area contributed by atoms with Gasteiger partial charge in [0.2, 0.25) is 15.8 Å². The molecule has 0 spiro atoms. The number of halogens is 1. The van der Waals surface area contributed by atoms with Crippen LogP contribution in [0.2, 0.25) is 5.02 Å². The van der Waals surface area contributed by atoms with Crippen LogP contribution in [0.4, 0.5) is 0 Å². The smallest absolute Gasteiger partial charge is 0.240 e. The number of nitrogens with one attached hydrogen (secondary N) is 1. The van der Waals surface area contributed by atoms with Crippen molar-refractivity contribution in [2.45, 2.75) is 11.4 Å². The zero-order valence-corrected chi connectivity index (χ0v) is 14.6. The van der Waals surface area contributed by atoms with Crippen molar-refractivity contribution in [3.8, 4) is 0 Å². The molecule has 5 nitrogen and oxygen atoms in total. The fourth-order valence-corrected chi connectivity index (χ4v) is 4.10. The summed E-state index contributed by atoms with van der Waals surface area (Å²) in [5.41, 5.74) is 0. The number of benzene rings is 1. The van der Waals surface area contributed by atoms with E-state index in [1.54, 1.807) is 24.3 Å². The lowest BCUT2D eigenvalue weighted by atomic mass is 10.2. The van der Waals surface area contributed by atoms with Gasteiger partial charge in [-0.05, 0) is 48.5 Å². The zero-order chi connectivity index (χ0) is 17.2. The number of carbonyl (C=O) groups is 1. The summed E-state index contributed by atoms with van der Waals surface area (Å²) in [5, 5.41) is 0.466. The standard InChI is InChI=1S/C16H12ClNO4S2/c17-11-3-6-13(7-4-11)24(20,21)18-10-12-5-8-15(23-12)16(19)14-2-1-9-22-14/h1-9,18H,10H2. The van der Waals surface area contributed by atoms with Gasteiger partial charge in [-0.25, -0.2) is 13.1 Å². The fraction of sp³-hybridized carbons (Fsp3) is 0.0625. The summed E-state index contributed by atoms with van der Waals surface area (Å²) in [7, 11) is -3.63. The molecule has 1 aromatic carbocycles. The number of hydrogen-bond donors (Lipinski definition) is 1. The number of furan rings is 1. The molecule has 1 N–H and O–H groups in total. The number of thiophene rings is 1. The Morgan fingerprint density at radius 3 is 2.54 bits per heavy atom. The molecule has 0 atom stereocenters. The van der Waals surface area contributed by atoms with E-state index >= 15 is 0 Å². The van der Waals surface area contributed by atoms with E-state index in [0.717, 1.165) is 4.88 Å². The van der Waals surface area contributed by atoms with E-state index in [-0.39, 0.29) is 23.0 Å². The SMILES string of the molecule is O=C(c1ccco1)c1ccc(CNS(=O)(=O)c2ccc(Cl)cc2)s1. The number of carbonyl (C=O) groups excluding carboxylic acids is 1. The van der Waals surface area contributed by atoms with Gasteiger partial charge in [0.15, 0.2) is 5.76 Å². The lowest BCUT2D eigenvalue weighted by Gasteiger charge is -2.05. The Hall–Kier alpha value is -1.93. The highest BCUT2D eigenvalue weighted by molar-refractivity contribution is 7.89. The first-order valence-electron chi connectivity index (χ1n) is 6.88. The van der Waals surface area contributed by atoms with Gasteiger partial charge in [0.1, 0.15) is 0 Å². The van der Waals surface area contributed by atoms with Crippen molar-refractivity contribution < 1.29 is 17.6 Å². The molecule has 0 unspecified atom stereocenters. The predicted octanol–water partition coefficient (Wildman–Crippen LogP) is 3.70. The van der Waals surface area contributed by atoms with Crippen molar-refractivity contribution in [2.75, 3.05) is 0 Å². The molecule has 0 aliphatic carbocycles. The molecule has 0 aliphatic rings. The molecule has 0 bridgehead atoms. The summed E-state index contributed by atoms with van der Waals surface area (Å²) < 4.78 is 32.0. The van der Waals surface area contributed by atoms with E-state index in [2.05, 4.69) is 4.72 Å². The minimum Gasteiger partial charge on any atom is -0.461 e. The van der Waals surface area contributed by atoms with Crippen molar-refractivity contribution in [3.63, 3.8) is 0 Å². The van der Waals surface area contributed by atoms with Gasteiger partial charge in [-0.2, -0.15) is 0 Å². The summed E-state index contributed by atoms with van der Waals surface area (Å²) in [6, 6.07) is 12.5. The number of ketones is 1. The average molecular weight is 382 g/mol. The Morgan fingerprint density at radius 2 is 1.88 bits per heavy atom. The van der Waals surface area contributed by atoms with Crippen LogP contribution in [0.15, 0.2) is 64.1 Å². The fourth-order valence-electron chi connectivity index (χ4n) is 1.99. The molecule has 24 heavy (non-hydrogen) atoms. The van der Waals surface area contributed by atoms with Crippen LogP contribution in [0.1, 0.15) is 20.3 Å². The highest BCUT2D eigenvalue weighted by Gasteiger charge is 2.17. The van der Waals surface area contributed by atoms with E-state index < -0.39 is 10.0 Å². The first kappa shape index (κ1) is 16.9. The topological polar surface area (TPSA) is 76.4 Å². The molecule has 0 saturated carbocycles. The second kappa shape index (κ2) is 6.90. The number of hydrogen-bond acceptors (Lipinski definition) is 5. The Morgan fingerprint density at radius 1 is 1.12 bits per heavy atom. The molecule has 0 radical (unpaired) electrons. The van der Waals surface area contributed by atoms with Crippen LogP contribution >= 0.6 is 22.9 Å². The Labute approximate surface area is 147 Å². The Balaban J connectivity index is 1.69. The third kappa shape index (κ3) is 3.76. The molecule has 0 fully saturated rings. The monoisotopic (exact) mass is 381 g/mol. The quantitative estimate of drug-likeness (QED) is 0.660. The molecule has 8 heteroatoms. The van der Waals surface area contributed by atoms with E-state index in [0.29, 0.717) is 9.90 Å². The Bertz CT molecular complexity index is 944. The maximum Gasteiger partial charge on any atom is 0.240 e. The molecule has 0 amide bonds. The van der Waals surface area contributed by atoms with Crippen molar-refractivity contribution in [3.05, 3.63) is 75.3 Å². The molecule has 2 aromatic heterocycles. The molecular formula is C16H12ClNO4S2. The third-order valence-electron chi connectivity index (χ3n) is 3.19. The van der Waals surface area contributed by atoms with Crippen LogP contribution in [-0.4, -0.2) is 14.2 Å². The second-order valence-corrected chi connectivity index (χ2v) is 8.22. The average Bonchev–Trinajstić information content (AvgIpc) is 3.25. The van der Waals surface area contributed by atoms with E-state index in [1.807, 2.05) is 0 Å². The molecule has 2 heterocycles. The van der Waals surface area contributed by atoms with Crippen LogP contribution in [0.3, 0.4) is 0 Å². The van der Waals surface area contributed by atoms with Crippen LogP contribution in [0.5, 0.6) is 0 Å². The maximum absolute atomic E-state index is 12.2. The summed E-state index contributed by atoms with van der Waals surface area (Å²) in [5.74, 6) is 0.0296. The van der Waals surface area contributed by atoms with Crippen molar-refractivity contribution >= 4 is 38.7 Å². The summed E-state index contributed by atoms with van der Waals surface area (Å²) >= 11 is 6.98. The molecule has 0 aliphatic heterocycles. The van der Waals surface area contributed by atoms with Gasteiger partial charge >= 0.3 is 0 Å². The largest absolute Gasteiger partial charge is 0.461 e. The van der Waals surface area contributed by atoms with Crippen LogP contribution < -0.4 is 4.72 Å². The molecule has 124 valence electrons. The molecule has 0 saturated heterocycles. The van der Waals surface area contributed by atoms with Crippen LogP contribution in [0.25, 0.3) is 0 Å². The van der Waals surface area contributed by atoms with Gasteiger partial charge in [0.25, 0.3) is 0 Å². The summed E-state index contributed by atoms with van der Waals surface area (Å²) in [4.78, 5) is 13.5. The van der Waals surface area contributed by atoms with Gasteiger partial charge in [0.05, 0.1) is 16.0 Å². The lowest BCUT2D eigenvalue weighted by Crippen LogP contribution is -2.22. The highest BCUT2D eigenvalue weighted by atomic mass is 35.5. The summed E-state index contributed by atoms with van der Waals surface area (Å²) in [6.45, 7) is 0.0983. The van der Waals surface area contributed by atoms with Gasteiger partial charge in [-0.1, -0.05) is 11.6 Å².